The minimum absolute atomic E-state index is 1.09. The van der Waals surface area contributed by atoms with E-state index in [1.807, 2.05) is 0 Å². The number of amides is 2. The summed E-state index contributed by atoms with van der Waals surface area (Å²) in [5.41, 5.74) is 0. The zero-order valence-electron chi connectivity index (χ0n) is 7.23. The second kappa shape index (κ2) is 6.20. The van der Waals surface area contributed by atoms with E-state index in [2.05, 4.69) is 0 Å². The number of urea groups is 1. The SMILES string of the molecule is O=C(N[C@@H](O)C(Cl)(Cl)Cl)N[C@@H](O)C(Cl)(Cl)Cl. The monoisotopic (exact) mass is 352 g/mol. The second-order valence-corrected chi connectivity index (χ2v) is 7.24. The molecular formula is C5H6Cl6N2O3. The Hall–Kier alpha value is 0.930. The Kier molecular flexibility index (Phi) is 6.56. The van der Waals surface area contributed by atoms with Crippen molar-refractivity contribution in [2.24, 2.45) is 0 Å². The number of nitrogens with one attached hydrogen (secondary N) is 2. The standard InChI is InChI=1S/C5H6Cl6N2O3/c6-4(7,8)1(14)12-3(16)13-2(15)5(9,10)11/h1-2,14-15H,(H2,12,13,16)/t1-,2-/m0/s1. The predicted molar refractivity (Wildman–Crippen MR) is 64.3 cm³/mol. The largest absolute Gasteiger partial charge is 0.369 e. The molecule has 0 fully saturated rings. The van der Waals surface area contributed by atoms with Crippen LogP contribution in [-0.2, 0) is 0 Å². The molecule has 0 saturated heterocycles. The van der Waals surface area contributed by atoms with Crippen molar-refractivity contribution >= 4 is 75.6 Å². The van der Waals surface area contributed by atoms with Gasteiger partial charge in [-0.05, 0) is 0 Å². The van der Waals surface area contributed by atoms with Gasteiger partial charge in [-0.3, -0.25) is 0 Å². The number of rotatable bonds is 2. The summed E-state index contributed by atoms with van der Waals surface area (Å²) in [5, 5.41) is 21.8. The minimum atomic E-state index is -2.12. The molecular weight excluding hydrogens is 349 g/mol. The van der Waals surface area contributed by atoms with Gasteiger partial charge in [-0.25, -0.2) is 4.79 Å². The summed E-state index contributed by atoms with van der Waals surface area (Å²) in [6, 6.07) is -1.09. The summed E-state index contributed by atoms with van der Waals surface area (Å²) in [7, 11) is 0. The number of carbonyl (C=O) groups is 1. The smallest absolute Gasteiger partial charge is 0.319 e. The van der Waals surface area contributed by atoms with E-state index >= 15 is 0 Å². The zero-order chi connectivity index (χ0) is 13.1. The van der Waals surface area contributed by atoms with Crippen LogP contribution in [0.25, 0.3) is 0 Å². The highest BCUT2D eigenvalue weighted by atomic mass is 35.6. The highest BCUT2D eigenvalue weighted by Gasteiger charge is 2.35. The first-order valence-corrected chi connectivity index (χ1v) is 5.78. The maximum absolute atomic E-state index is 11.1. The van der Waals surface area contributed by atoms with Crippen LogP contribution in [-0.4, -0.2) is 36.3 Å². The highest BCUT2D eigenvalue weighted by molar-refractivity contribution is 6.68. The average Bonchev–Trinajstić information content (AvgIpc) is 1.99. The number of hydrogen-bond acceptors (Lipinski definition) is 3. The Morgan fingerprint density at radius 3 is 1.31 bits per heavy atom. The van der Waals surface area contributed by atoms with Gasteiger partial charge in [0.15, 0.2) is 12.5 Å². The number of halogens is 6. The molecule has 0 aromatic carbocycles. The van der Waals surface area contributed by atoms with Gasteiger partial charge >= 0.3 is 6.03 Å². The van der Waals surface area contributed by atoms with Gasteiger partial charge in [0, 0.05) is 0 Å². The van der Waals surface area contributed by atoms with Gasteiger partial charge in [-0.1, -0.05) is 69.6 Å². The van der Waals surface area contributed by atoms with Crippen molar-refractivity contribution in [3.8, 4) is 0 Å². The average molecular weight is 355 g/mol. The summed E-state index contributed by atoms with van der Waals surface area (Å²) in [6.45, 7) is 0. The van der Waals surface area contributed by atoms with Crippen LogP contribution in [0, 0.1) is 0 Å². The molecule has 11 heteroatoms. The fraction of sp³-hybridized carbons (Fsp3) is 0.800. The first-order valence-electron chi connectivity index (χ1n) is 3.51. The third-order valence-electron chi connectivity index (χ3n) is 1.16. The minimum Gasteiger partial charge on any atom is -0.369 e. The van der Waals surface area contributed by atoms with Gasteiger partial charge in [0.1, 0.15) is 0 Å². The van der Waals surface area contributed by atoms with Crippen molar-refractivity contribution in [3.63, 3.8) is 0 Å². The molecule has 0 unspecified atom stereocenters. The van der Waals surface area contributed by atoms with Gasteiger partial charge in [0.25, 0.3) is 0 Å². The van der Waals surface area contributed by atoms with E-state index < -0.39 is 26.1 Å². The molecule has 0 radical (unpaired) electrons. The normalized spacial score (nSPS) is 16.5. The topological polar surface area (TPSA) is 81.6 Å². The van der Waals surface area contributed by atoms with Crippen LogP contribution < -0.4 is 10.6 Å². The van der Waals surface area contributed by atoms with E-state index in [9.17, 15) is 4.79 Å². The zero-order valence-corrected chi connectivity index (χ0v) is 11.8. The maximum Gasteiger partial charge on any atom is 0.319 e. The lowest BCUT2D eigenvalue weighted by molar-refractivity contribution is 0.120. The Labute approximate surface area is 121 Å². The molecule has 0 aromatic heterocycles. The fourth-order valence-electron chi connectivity index (χ4n) is 0.454. The Balaban J connectivity index is 4.21. The van der Waals surface area contributed by atoms with E-state index in [0.717, 1.165) is 0 Å². The van der Waals surface area contributed by atoms with Crippen molar-refractivity contribution in [2.75, 3.05) is 0 Å². The molecule has 4 N–H and O–H groups in total. The van der Waals surface area contributed by atoms with Crippen molar-refractivity contribution < 1.29 is 15.0 Å². The summed E-state index contributed by atoms with van der Waals surface area (Å²) in [5.74, 6) is 0. The quantitative estimate of drug-likeness (QED) is 0.449. The fourth-order valence-corrected chi connectivity index (χ4v) is 0.781. The molecule has 0 rings (SSSR count). The van der Waals surface area contributed by atoms with Gasteiger partial charge in [-0.2, -0.15) is 0 Å². The molecule has 0 bridgehead atoms. The van der Waals surface area contributed by atoms with Crippen LogP contribution in [0.5, 0.6) is 0 Å². The van der Waals surface area contributed by atoms with Gasteiger partial charge in [0.2, 0.25) is 7.59 Å². The first kappa shape index (κ1) is 16.9. The molecule has 0 aromatic rings. The van der Waals surface area contributed by atoms with E-state index in [1.54, 1.807) is 10.6 Å². The summed E-state index contributed by atoms with van der Waals surface area (Å²) in [4.78, 5) is 11.1. The van der Waals surface area contributed by atoms with Crippen LogP contribution in [0.1, 0.15) is 0 Å². The van der Waals surface area contributed by atoms with Crippen molar-refractivity contribution in [2.45, 2.75) is 20.0 Å². The second-order valence-electron chi connectivity index (χ2n) is 2.51. The first-order chi connectivity index (χ1) is 6.94. The molecule has 0 saturated carbocycles. The van der Waals surface area contributed by atoms with Crippen molar-refractivity contribution in [1.29, 1.82) is 0 Å². The van der Waals surface area contributed by atoms with Gasteiger partial charge in [-0.15, -0.1) is 0 Å². The highest BCUT2D eigenvalue weighted by Crippen LogP contribution is 2.30. The predicted octanol–water partition coefficient (Wildman–Crippen LogP) is 1.66. The van der Waals surface area contributed by atoms with E-state index in [1.165, 1.54) is 0 Å². The molecule has 96 valence electrons. The Morgan fingerprint density at radius 1 is 0.875 bits per heavy atom. The lowest BCUT2D eigenvalue weighted by atomic mass is 10.6. The van der Waals surface area contributed by atoms with E-state index in [-0.39, 0.29) is 0 Å². The molecule has 2 atom stereocenters. The Bertz CT molecular complexity index is 228. The Morgan fingerprint density at radius 2 is 1.12 bits per heavy atom. The molecule has 0 spiro atoms. The van der Waals surface area contributed by atoms with Gasteiger partial charge < -0.3 is 20.8 Å². The summed E-state index contributed by atoms with van der Waals surface area (Å²) >= 11 is 31.5. The summed E-state index contributed by atoms with van der Waals surface area (Å²) in [6.07, 6.45) is -3.58. The molecule has 0 aliphatic carbocycles. The van der Waals surface area contributed by atoms with Crippen LogP contribution in [0.15, 0.2) is 0 Å². The molecule has 0 aliphatic rings. The number of aliphatic hydroxyl groups is 2. The van der Waals surface area contributed by atoms with E-state index in [4.69, 9.17) is 79.8 Å². The van der Waals surface area contributed by atoms with Crippen molar-refractivity contribution in [1.82, 2.24) is 10.6 Å². The lowest BCUT2D eigenvalue weighted by Crippen LogP contribution is -2.53. The third-order valence-corrected chi connectivity index (χ3v) is 2.40. The number of aliphatic hydroxyl groups excluding tert-OH is 2. The van der Waals surface area contributed by atoms with E-state index in [0.29, 0.717) is 0 Å². The van der Waals surface area contributed by atoms with Crippen molar-refractivity contribution in [3.05, 3.63) is 0 Å². The number of alkyl halides is 6. The summed E-state index contributed by atoms with van der Waals surface area (Å²) < 4.78 is -4.25. The lowest BCUT2D eigenvalue weighted by Gasteiger charge is -2.23. The maximum atomic E-state index is 11.1. The van der Waals surface area contributed by atoms with Gasteiger partial charge in [0.05, 0.1) is 0 Å². The number of carbonyl (C=O) groups excluding carboxylic acids is 1. The third kappa shape index (κ3) is 6.61. The van der Waals surface area contributed by atoms with Crippen LogP contribution >= 0.6 is 69.6 Å². The van der Waals surface area contributed by atoms with Crippen LogP contribution in [0.2, 0.25) is 0 Å². The molecule has 5 nitrogen and oxygen atoms in total. The molecule has 0 heterocycles. The molecule has 2 amide bonds. The number of hydrogen-bond donors (Lipinski definition) is 4. The molecule has 16 heavy (non-hydrogen) atoms. The molecule has 0 aliphatic heterocycles. The van der Waals surface area contributed by atoms with Crippen LogP contribution in [0.3, 0.4) is 0 Å². The van der Waals surface area contributed by atoms with Crippen LogP contribution in [0.4, 0.5) is 4.79 Å².